The van der Waals surface area contributed by atoms with Crippen molar-refractivity contribution in [3.05, 3.63) is 29.8 Å². The van der Waals surface area contributed by atoms with Gasteiger partial charge in [0.15, 0.2) is 0 Å². The van der Waals surface area contributed by atoms with E-state index in [-0.39, 0.29) is 17.1 Å². The number of piperidine rings is 1. The molecule has 2 fully saturated rings. The summed E-state index contributed by atoms with van der Waals surface area (Å²) in [6.45, 7) is 3.38. The average Bonchev–Trinajstić information content (AvgIpc) is 3.00. The number of esters is 2. The fourth-order valence-corrected chi connectivity index (χ4v) is 4.39. The molecule has 3 rings (SSSR count). The lowest BCUT2D eigenvalue weighted by molar-refractivity contribution is -0.145. The predicted octanol–water partition coefficient (Wildman–Crippen LogP) is 1.58. The first kappa shape index (κ1) is 17.9. The highest BCUT2D eigenvalue weighted by Gasteiger charge is 2.31. The Bertz CT molecular complexity index is 750. The summed E-state index contributed by atoms with van der Waals surface area (Å²) in [5, 5.41) is 0. The van der Waals surface area contributed by atoms with Crippen LogP contribution < -0.4 is 0 Å². The summed E-state index contributed by atoms with van der Waals surface area (Å²) < 4.78 is 36.6. The zero-order valence-corrected chi connectivity index (χ0v) is 14.8. The van der Waals surface area contributed by atoms with Crippen LogP contribution in [0.2, 0.25) is 0 Å². The molecule has 0 bridgehead atoms. The Kier molecular flexibility index (Phi) is 5.10. The van der Waals surface area contributed by atoms with Crippen LogP contribution in [0.3, 0.4) is 0 Å². The summed E-state index contributed by atoms with van der Waals surface area (Å²) in [5.74, 6) is -0.683. The number of hydrogen-bond donors (Lipinski definition) is 0. The van der Waals surface area contributed by atoms with Gasteiger partial charge >= 0.3 is 11.9 Å². The third kappa shape index (κ3) is 3.85. The van der Waals surface area contributed by atoms with Crippen LogP contribution in [-0.2, 0) is 24.3 Å². The topological polar surface area (TPSA) is 90.0 Å². The van der Waals surface area contributed by atoms with Gasteiger partial charge in [-0.15, -0.1) is 0 Å². The maximum absolute atomic E-state index is 12.6. The summed E-state index contributed by atoms with van der Waals surface area (Å²) in [6.07, 6.45) is 1.15. The van der Waals surface area contributed by atoms with Crippen molar-refractivity contribution in [3.8, 4) is 0 Å². The minimum atomic E-state index is -3.55. The predicted molar refractivity (Wildman–Crippen MR) is 88.4 cm³/mol. The van der Waals surface area contributed by atoms with E-state index in [1.165, 1.54) is 28.6 Å². The van der Waals surface area contributed by atoms with Crippen LogP contribution >= 0.6 is 0 Å². The van der Waals surface area contributed by atoms with Gasteiger partial charge in [-0.1, -0.05) is 6.92 Å². The lowest BCUT2D eigenvalue weighted by atomic mass is 10.0. The smallest absolute Gasteiger partial charge is 0.347 e. The van der Waals surface area contributed by atoms with Gasteiger partial charge < -0.3 is 9.47 Å². The van der Waals surface area contributed by atoms with Crippen LogP contribution in [0.5, 0.6) is 0 Å². The van der Waals surface area contributed by atoms with Crippen molar-refractivity contribution in [3.63, 3.8) is 0 Å². The quantitative estimate of drug-likeness (QED) is 0.751. The molecule has 0 unspecified atom stereocenters. The second-order valence-corrected chi connectivity index (χ2v) is 8.40. The second kappa shape index (κ2) is 7.13. The molecule has 0 radical (unpaired) electrons. The number of sulfonamides is 1. The van der Waals surface area contributed by atoms with Crippen molar-refractivity contribution in [2.45, 2.75) is 37.2 Å². The highest BCUT2D eigenvalue weighted by atomic mass is 32.2. The third-order valence-electron chi connectivity index (χ3n) is 4.61. The zero-order chi connectivity index (χ0) is 18.0. The molecular formula is C17H21NO6S. The van der Waals surface area contributed by atoms with Crippen LogP contribution in [0.1, 0.15) is 36.5 Å². The van der Waals surface area contributed by atoms with Gasteiger partial charge in [0.1, 0.15) is 0 Å². The number of cyclic esters (lactones) is 1. The zero-order valence-electron chi connectivity index (χ0n) is 14.0. The van der Waals surface area contributed by atoms with E-state index in [9.17, 15) is 18.0 Å². The number of rotatable bonds is 4. The molecule has 1 atom stereocenters. The standard InChI is InChI=1S/C17H21NO6S/c1-12-6-9-18(10-7-12)25(21,22)14-4-2-13(3-5-14)16(19)24-15-8-11-23-17(15)20/h2-5,12,15H,6-11H2,1H3/t15-/m0/s1. The molecule has 25 heavy (non-hydrogen) atoms. The number of ether oxygens (including phenoxy) is 2. The van der Waals surface area contributed by atoms with E-state index in [2.05, 4.69) is 6.92 Å². The maximum Gasteiger partial charge on any atom is 0.347 e. The van der Waals surface area contributed by atoms with E-state index < -0.39 is 28.1 Å². The average molecular weight is 367 g/mol. The number of carbonyl (C=O) groups excluding carboxylic acids is 2. The highest BCUT2D eigenvalue weighted by molar-refractivity contribution is 7.89. The van der Waals surface area contributed by atoms with Crippen LogP contribution in [-0.4, -0.2) is 50.5 Å². The second-order valence-electron chi connectivity index (χ2n) is 6.46. The first-order valence-corrected chi connectivity index (χ1v) is 9.80. The molecule has 0 saturated carbocycles. The normalized spacial score (nSPS) is 22.6. The first-order chi connectivity index (χ1) is 11.9. The Morgan fingerprint density at radius 2 is 1.80 bits per heavy atom. The Morgan fingerprint density at radius 3 is 2.36 bits per heavy atom. The Morgan fingerprint density at radius 1 is 1.16 bits per heavy atom. The minimum Gasteiger partial charge on any atom is -0.463 e. The molecule has 8 heteroatoms. The monoisotopic (exact) mass is 367 g/mol. The molecular weight excluding hydrogens is 346 g/mol. The van der Waals surface area contributed by atoms with Crippen molar-refractivity contribution in [1.82, 2.24) is 4.31 Å². The van der Waals surface area contributed by atoms with Crippen molar-refractivity contribution >= 4 is 22.0 Å². The number of benzene rings is 1. The first-order valence-electron chi connectivity index (χ1n) is 8.36. The van der Waals surface area contributed by atoms with Crippen molar-refractivity contribution in [2.75, 3.05) is 19.7 Å². The fourth-order valence-electron chi connectivity index (χ4n) is 2.92. The number of carbonyl (C=O) groups is 2. The van der Waals surface area contributed by atoms with Crippen LogP contribution in [0.4, 0.5) is 0 Å². The molecule has 0 aliphatic carbocycles. The van der Waals surface area contributed by atoms with Gasteiger partial charge in [-0.05, 0) is 43.0 Å². The van der Waals surface area contributed by atoms with Crippen molar-refractivity contribution in [1.29, 1.82) is 0 Å². The maximum atomic E-state index is 12.6. The van der Waals surface area contributed by atoms with Gasteiger partial charge in [0.05, 0.1) is 17.1 Å². The Labute approximate surface area is 147 Å². The lowest BCUT2D eigenvalue weighted by Crippen LogP contribution is -2.37. The van der Waals surface area contributed by atoms with Gasteiger partial charge in [-0.2, -0.15) is 4.31 Å². The van der Waals surface area contributed by atoms with Gasteiger partial charge in [-0.25, -0.2) is 18.0 Å². The molecule has 2 aliphatic rings. The van der Waals surface area contributed by atoms with E-state index in [4.69, 9.17) is 9.47 Å². The van der Waals surface area contributed by atoms with E-state index in [0.717, 1.165) is 12.8 Å². The van der Waals surface area contributed by atoms with Gasteiger partial charge in [0.2, 0.25) is 16.1 Å². The molecule has 0 N–H and O–H groups in total. The Balaban J connectivity index is 1.69. The van der Waals surface area contributed by atoms with E-state index >= 15 is 0 Å². The summed E-state index contributed by atoms with van der Waals surface area (Å²) in [5.41, 5.74) is 0.200. The van der Waals surface area contributed by atoms with Crippen LogP contribution in [0, 0.1) is 5.92 Å². The minimum absolute atomic E-state index is 0.152. The van der Waals surface area contributed by atoms with Gasteiger partial charge in [0, 0.05) is 19.5 Å². The highest BCUT2D eigenvalue weighted by Crippen LogP contribution is 2.24. The summed E-state index contributed by atoms with van der Waals surface area (Å²) in [4.78, 5) is 23.5. The summed E-state index contributed by atoms with van der Waals surface area (Å²) in [6, 6.07) is 5.61. The Hall–Kier alpha value is -1.93. The molecule has 2 saturated heterocycles. The molecule has 2 aliphatic heterocycles. The molecule has 2 heterocycles. The molecule has 0 amide bonds. The van der Waals surface area contributed by atoms with Crippen molar-refractivity contribution in [2.24, 2.45) is 5.92 Å². The number of hydrogen-bond acceptors (Lipinski definition) is 6. The lowest BCUT2D eigenvalue weighted by Gasteiger charge is -2.29. The molecule has 0 aromatic heterocycles. The third-order valence-corrected chi connectivity index (χ3v) is 6.52. The van der Waals surface area contributed by atoms with Crippen molar-refractivity contribution < 1.29 is 27.5 Å². The summed E-state index contributed by atoms with van der Waals surface area (Å²) >= 11 is 0. The van der Waals surface area contributed by atoms with Crippen LogP contribution in [0.25, 0.3) is 0 Å². The molecule has 136 valence electrons. The van der Waals surface area contributed by atoms with E-state index in [1.807, 2.05) is 0 Å². The van der Waals surface area contributed by atoms with Crippen LogP contribution in [0.15, 0.2) is 29.2 Å². The molecule has 0 spiro atoms. The largest absolute Gasteiger partial charge is 0.463 e. The summed E-state index contributed by atoms with van der Waals surface area (Å²) in [7, 11) is -3.55. The molecule has 7 nitrogen and oxygen atoms in total. The van der Waals surface area contributed by atoms with Gasteiger partial charge in [-0.3, -0.25) is 0 Å². The molecule has 1 aromatic rings. The van der Waals surface area contributed by atoms with E-state index in [0.29, 0.717) is 25.4 Å². The molecule has 1 aromatic carbocycles. The van der Waals surface area contributed by atoms with E-state index in [1.54, 1.807) is 0 Å². The fraction of sp³-hybridized carbons (Fsp3) is 0.529. The van der Waals surface area contributed by atoms with Gasteiger partial charge in [0.25, 0.3) is 0 Å². The SMILES string of the molecule is CC1CCN(S(=O)(=O)c2ccc(C(=O)O[C@H]3CCOC3=O)cc2)CC1. The number of nitrogens with zero attached hydrogens (tertiary/aromatic N) is 1.